The predicted molar refractivity (Wildman–Crippen MR) is 39.2 cm³/mol. The Balaban J connectivity index is 2.70. The molecule has 2 aromatic heterocycles. The van der Waals surface area contributed by atoms with Gasteiger partial charge in [0.05, 0.1) is 5.69 Å². The van der Waals surface area contributed by atoms with Crippen molar-refractivity contribution in [3.8, 4) is 0 Å². The summed E-state index contributed by atoms with van der Waals surface area (Å²) in [7, 11) is 0. The smallest absolute Gasteiger partial charge is 0.356 e. The van der Waals surface area contributed by atoms with Gasteiger partial charge in [0, 0.05) is 6.07 Å². The molecule has 0 amide bonds. The molecular formula is C7H6N2O3. The van der Waals surface area contributed by atoms with Crippen molar-refractivity contribution < 1.29 is 14.3 Å². The first-order valence-electron chi connectivity index (χ1n) is 3.35. The van der Waals surface area contributed by atoms with Gasteiger partial charge in [-0.25, -0.2) is 9.31 Å². The molecule has 0 aliphatic rings. The fourth-order valence-electron chi connectivity index (χ4n) is 1.00. The summed E-state index contributed by atoms with van der Waals surface area (Å²) in [6.07, 6.45) is 1.52. The van der Waals surface area contributed by atoms with Crippen LogP contribution in [-0.4, -0.2) is 20.7 Å². The Labute approximate surface area is 67.2 Å². The molecule has 0 aromatic carbocycles. The molecule has 0 spiro atoms. The summed E-state index contributed by atoms with van der Waals surface area (Å²) in [5.74, 6) is -1.05. The largest absolute Gasteiger partial charge is 0.476 e. The van der Waals surface area contributed by atoms with Gasteiger partial charge in [-0.3, -0.25) is 0 Å². The lowest BCUT2D eigenvalue weighted by atomic mass is 10.4. The number of carboxylic acid groups (broad SMARTS) is 1. The average molecular weight is 166 g/mol. The van der Waals surface area contributed by atoms with Crippen molar-refractivity contribution in [1.82, 2.24) is 9.61 Å². The number of hydrogen-bond donors (Lipinski definition) is 1. The SMILES string of the molecule is Cc1coc2cc(C(=O)O)nn12. The highest BCUT2D eigenvalue weighted by atomic mass is 16.4. The number of carboxylic acids is 1. The quantitative estimate of drug-likeness (QED) is 0.684. The minimum absolute atomic E-state index is 0.00236. The van der Waals surface area contributed by atoms with Gasteiger partial charge in [0.25, 0.3) is 0 Å². The molecule has 62 valence electrons. The Morgan fingerprint density at radius 1 is 1.75 bits per heavy atom. The zero-order chi connectivity index (χ0) is 8.72. The average Bonchev–Trinajstić information content (AvgIpc) is 2.53. The van der Waals surface area contributed by atoms with Crippen molar-refractivity contribution in [2.24, 2.45) is 0 Å². The Hall–Kier alpha value is -1.78. The van der Waals surface area contributed by atoms with Crippen LogP contribution in [0.25, 0.3) is 5.71 Å². The molecule has 5 nitrogen and oxygen atoms in total. The van der Waals surface area contributed by atoms with Crippen LogP contribution in [0.5, 0.6) is 0 Å². The van der Waals surface area contributed by atoms with Gasteiger partial charge in [-0.05, 0) is 6.92 Å². The number of carbonyl (C=O) groups is 1. The summed E-state index contributed by atoms with van der Waals surface area (Å²) in [5, 5.41) is 12.4. The van der Waals surface area contributed by atoms with Gasteiger partial charge in [-0.15, -0.1) is 0 Å². The molecule has 0 atom stereocenters. The van der Waals surface area contributed by atoms with Crippen LogP contribution in [0.15, 0.2) is 16.7 Å². The minimum Gasteiger partial charge on any atom is -0.476 e. The highest BCUT2D eigenvalue weighted by Crippen LogP contribution is 2.10. The molecule has 2 heterocycles. The maximum atomic E-state index is 10.5. The number of aromatic nitrogens is 2. The lowest BCUT2D eigenvalue weighted by Crippen LogP contribution is -1.97. The van der Waals surface area contributed by atoms with Gasteiger partial charge in [-0.1, -0.05) is 0 Å². The third-order valence-electron chi connectivity index (χ3n) is 1.58. The molecule has 1 N–H and O–H groups in total. The van der Waals surface area contributed by atoms with E-state index in [2.05, 4.69) is 5.10 Å². The highest BCUT2D eigenvalue weighted by Gasteiger charge is 2.11. The predicted octanol–water partition coefficient (Wildman–Crippen LogP) is 0.934. The fraction of sp³-hybridized carbons (Fsp3) is 0.143. The van der Waals surface area contributed by atoms with Crippen LogP contribution in [-0.2, 0) is 0 Å². The highest BCUT2D eigenvalue weighted by molar-refractivity contribution is 5.86. The molecule has 5 heteroatoms. The molecular weight excluding hydrogens is 160 g/mol. The molecule has 0 aliphatic heterocycles. The molecule has 2 rings (SSSR count). The number of fused-ring (bicyclic) bond motifs is 1. The van der Waals surface area contributed by atoms with Crippen LogP contribution in [0.3, 0.4) is 0 Å². The van der Waals surface area contributed by atoms with Crippen molar-refractivity contribution in [3.63, 3.8) is 0 Å². The number of hydrogen-bond acceptors (Lipinski definition) is 3. The number of oxazole rings is 1. The summed E-state index contributed by atoms with van der Waals surface area (Å²) in [6.45, 7) is 1.79. The maximum Gasteiger partial charge on any atom is 0.356 e. The van der Waals surface area contributed by atoms with Crippen LogP contribution in [0, 0.1) is 6.92 Å². The van der Waals surface area contributed by atoms with E-state index in [1.807, 2.05) is 0 Å². The van der Waals surface area contributed by atoms with Crippen molar-refractivity contribution in [3.05, 3.63) is 23.7 Å². The van der Waals surface area contributed by atoms with Crippen LogP contribution in [0.2, 0.25) is 0 Å². The summed E-state index contributed by atoms with van der Waals surface area (Å²) >= 11 is 0. The molecule has 2 aromatic rings. The number of nitrogens with zero attached hydrogens (tertiary/aromatic N) is 2. The first-order chi connectivity index (χ1) is 5.68. The zero-order valence-electron chi connectivity index (χ0n) is 6.31. The van der Waals surface area contributed by atoms with Crippen LogP contribution in [0.4, 0.5) is 0 Å². The van der Waals surface area contributed by atoms with Crippen molar-refractivity contribution in [2.75, 3.05) is 0 Å². The molecule has 0 aliphatic carbocycles. The van der Waals surface area contributed by atoms with Crippen LogP contribution < -0.4 is 0 Å². The van der Waals surface area contributed by atoms with E-state index >= 15 is 0 Å². The van der Waals surface area contributed by atoms with Gasteiger partial charge in [-0.2, -0.15) is 5.10 Å². The summed E-state index contributed by atoms with van der Waals surface area (Å²) in [5.41, 5.74) is 1.22. The molecule has 0 saturated heterocycles. The standard InChI is InChI=1S/C7H6N2O3/c1-4-3-12-6-2-5(7(10)11)8-9(4)6/h2-3H,1H3,(H,10,11). The Bertz CT molecular complexity index is 440. The molecule has 0 unspecified atom stereocenters. The Morgan fingerprint density at radius 2 is 2.50 bits per heavy atom. The molecule has 0 saturated carbocycles. The van der Waals surface area contributed by atoms with E-state index < -0.39 is 5.97 Å². The van der Waals surface area contributed by atoms with Crippen molar-refractivity contribution >= 4 is 11.7 Å². The van der Waals surface area contributed by atoms with E-state index in [1.54, 1.807) is 6.92 Å². The van der Waals surface area contributed by atoms with Gasteiger partial charge in [0.15, 0.2) is 5.69 Å². The normalized spacial score (nSPS) is 10.8. The zero-order valence-corrected chi connectivity index (χ0v) is 6.31. The van der Waals surface area contributed by atoms with Crippen molar-refractivity contribution in [1.29, 1.82) is 0 Å². The van der Waals surface area contributed by atoms with Gasteiger partial charge >= 0.3 is 5.97 Å². The third kappa shape index (κ3) is 0.795. The first kappa shape index (κ1) is 6.90. The topological polar surface area (TPSA) is 67.7 Å². The van der Waals surface area contributed by atoms with Gasteiger partial charge < -0.3 is 9.52 Å². The van der Waals surface area contributed by atoms with E-state index in [1.165, 1.54) is 16.8 Å². The maximum absolute atomic E-state index is 10.5. The number of aryl methyl sites for hydroxylation is 1. The molecule has 12 heavy (non-hydrogen) atoms. The third-order valence-corrected chi connectivity index (χ3v) is 1.58. The van der Waals surface area contributed by atoms with Crippen LogP contribution in [0.1, 0.15) is 16.2 Å². The second-order valence-corrected chi connectivity index (χ2v) is 2.46. The lowest BCUT2D eigenvalue weighted by molar-refractivity contribution is 0.0690. The number of rotatable bonds is 1. The summed E-state index contributed by atoms with van der Waals surface area (Å²) < 4.78 is 6.46. The molecule has 0 radical (unpaired) electrons. The summed E-state index contributed by atoms with van der Waals surface area (Å²) in [6, 6.07) is 1.38. The Morgan fingerprint density at radius 3 is 3.08 bits per heavy atom. The molecule has 0 bridgehead atoms. The monoisotopic (exact) mass is 166 g/mol. The van der Waals surface area contributed by atoms with E-state index in [4.69, 9.17) is 9.52 Å². The summed E-state index contributed by atoms with van der Waals surface area (Å²) in [4.78, 5) is 10.5. The van der Waals surface area contributed by atoms with Gasteiger partial charge in [0.1, 0.15) is 6.26 Å². The number of aromatic carboxylic acids is 1. The van der Waals surface area contributed by atoms with E-state index in [0.717, 1.165) is 5.69 Å². The molecule has 0 fully saturated rings. The fourth-order valence-corrected chi connectivity index (χ4v) is 1.00. The first-order valence-corrected chi connectivity index (χ1v) is 3.35. The Kier molecular flexibility index (Phi) is 1.21. The second-order valence-electron chi connectivity index (χ2n) is 2.46. The second kappa shape index (κ2) is 2.10. The minimum atomic E-state index is -1.05. The van der Waals surface area contributed by atoms with E-state index in [9.17, 15) is 4.79 Å². The van der Waals surface area contributed by atoms with E-state index in [0.29, 0.717) is 5.71 Å². The van der Waals surface area contributed by atoms with E-state index in [-0.39, 0.29) is 5.69 Å². The lowest BCUT2D eigenvalue weighted by Gasteiger charge is -1.83. The van der Waals surface area contributed by atoms with Crippen molar-refractivity contribution in [2.45, 2.75) is 6.92 Å². The van der Waals surface area contributed by atoms with Gasteiger partial charge in [0.2, 0.25) is 5.71 Å². The van der Waals surface area contributed by atoms with Crippen LogP contribution >= 0.6 is 0 Å².